The minimum Gasteiger partial charge on any atom is -0.363 e. The SMILES string of the molecule is Cc1cc(C)c(CNC(=O)c2ccc(C(C)Nc3ccncn3)cc2)c(=O)[nH]1. The number of benzene rings is 1. The van der Waals surface area contributed by atoms with Crippen LogP contribution in [0, 0.1) is 13.8 Å². The zero-order valence-corrected chi connectivity index (χ0v) is 16.1. The fraction of sp³-hybridized carbons (Fsp3) is 0.238. The number of carbonyl (C=O) groups is 1. The Hall–Kier alpha value is -3.48. The number of carbonyl (C=O) groups excluding carboxylic acids is 1. The smallest absolute Gasteiger partial charge is 0.253 e. The number of anilines is 1. The Kier molecular flexibility index (Phi) is 5.84. The fourth-order valence-electron chi connectivity index (χ4n) is 2.98. The van der Waals surface area contributed by atoms with E-state index >= 15 is 0 Å². The van der Waals surface area contributed by atoms with Crippen LogP contribution in [0.5, 0.6) is 0 Å². The molecular weight excluding hydrogens is 354 g/mol. The van der Waals surface area contributed by atoms with Crippen molar-refractivity contribution in [3.8, 4) is 0 Å². The molecule has 0 radical (unpaired) electrons. The van der Waals surface area contributed by atoms with Gasteiger partial charge in [0.25, 0.3) is 11.5 Å². The Morgan fingerprint density at radius 1 is 1.18 bits per heavy atom. The van der Waals surface area contributed by atoms with Gasteiger partial charge in [0.05, 0.1) is 0 Å². The van der Waals surface area contributed by atoms with Gasteiger partial charge < -0.3 is 15.6 Å². The molecule has 1 amide bonds. The van der Waals surface area contributed by atoms with Crippen molar-refractivity contribution in [2.24, 2.45) is 0 Å². The number of hydrogen-bond acceptors (Lipinski definition) is 5. The second-order valence-corrected chi connectivity index (χ2v) is 6.71. The van der Waals surface area contributed by atoms with Crippen molar-refractivity contribution in [2.45, 2.75) is 33.4 Å². The predicted molar refractivity (Wildman–Crippen MR) is 108 cm³/mol. The van der Waals surface area contributed by atoms with E-state index in [2.05, 4.69) is 25.6 Å². The topological polar surface area (TPSA) is 99.8 Å². The molecule has 0 fully saturated rings. The maximum atomic E-state index is 12.4. The lowest BCUT2D eigenvalue weighted by Gasteiger charge is -2.15. The van der Waals surface area contributed by atoms with Gasteiger partial charge in [-0.05, 0) is 56.2 Å². The van der Waals surface area contributed by atoms with E-state index in [0.717, 1.165) is 22.6 Å². The third kappa shape index (κ3) is 4.62. The van der Waals surface area contributed by atoms with Crippen molar-refractivity contribution in [3.05, 3.63) is 87.2 Å². The normalized spacial score (nSPS) is 11.7. The minimum absolute atomic E-state index is 0.0285. The van der Waals surface area contributed by atoms with Gasteiger partial charge in [-0.25, -0.2) is 9.97 Å². The lowest BCUT2D eigenvalue weighted by atomic mass is 10.1. The molecule has 28 heavy (non-hydrogen) atoms. The highest BCUT2D eigenvalue weighted by Crippen LogP contribution is 2.18. The first-order chi connectivity index (χ1) is 13.4. The van der Waals surface area contributed by atoms with Crippen LogP contribution in [0.4, 0.5) is 5.82 Å². The van der Waals surface area contributed by atoms with Crippen LogP contribution in [0.15, 0.2) is 53.7 Å². The second-order valence-electron chi connectivity index (χ2n) is 6.71. The largest absolute Gasteiger partial charge is 0.363 e. The highest BCUT2D eigenvalue weighted by atomic mass is 16.1. The monoisotopic (exact) mass is 377 g/mol. The third-order valence-corrected chi connectivity index (χ3v) is 4.54. The molecule has 0 spiro atoms. The summed E-state index contributed by atoms with van der Waals surface area (Å²) < 4.78 is 0. The van der Waals surface area contributed by atoms with Crippen LogP contribution in [0.1, 0.15) is 45.7 Å². The maximum absolute atomic E-state index is 12.4. The summed E-state index contributed by atoms with van der Waals surface area (Å²) >= 11 is 0. The molecule has 0 bridgehead atoms. The maximum Gasteiger partial charge on any atom is 0.253 e. The van der Waals surface area contributed by atoms with Crippen molar-refractivity contribution in [1.82, 2.24) is 20.3 Å². The molecule has 2 heterocycles. The van der Waals surface area contributed by atoms with E-state index in [1.807, 2.05) is 39.0 Å². The zero-order chi connectivity index (χ0) is 20.1. The van der Waals surface area contributed by atoms with E-state index in [9.17, 15) is 9.59 Å². The van der Waals surface area contributed by atoms with E-state index in [4.69, 9.17) is 0 Å². The number of nitrogens with zero attached hydrogens (tertiary/aromatic N) is 2. The van der Waals surface area contributed by atoms with E-state index in [1.54, 1.807) is 24.4 Å². The second kappa shape index (κ2) is 8.47. The predicted octanol–water partition coefficient (Wildman–Crippen LogP) is 2.88. The van der Waals surface area contributed by atoms with Crippen molar-refractivity contribution in [3.63, 3.8) is 0 Å². The summed E-state index contributed by atoms with van der Waals surface area (Å²) in [4.78, 5) is 35.3. The fourth-order valence-corrected chi connectivity index (χ4v) is 2.98. The van der Waals surface area contributed by atoms with Gasteiger partial charge in [0.15, 0.2) is 0 Å². The molecule has 3 rings (SSSR count). The Morgan fingerprint density at radius 2 is 1.93 bits per heavy atom. The molecule has 0 saturated heterocycles. The summed E-state index contributed by atoms with van der Waals surface area (Å²) in [6, 6.07) is 11.1. The Labute approximate surface area is 163 Å². The number of nitrogens with one attached hydrogen (secondary N) is 3. The van der Waals surface area contributed by atoms with Crippen LogP contribution < -0.4 is 16.2 Å². The van der Waals surface area contributed by atoms with Crippen LogP contribution in [0.25, 0.3) is 0 Å². The van der Waals surface area contributed by atoms with Crippen molar-refractivity contribution >= 4 is 11.7 Å². The quantitative estimate of drug-likeness (QED) is 0.613. The van der Waals surface area contributed by atoms with Crippen LogP contribution in [-0.2, 0) is 6.54 Å². The van der Waals surface area contributed by atoms with Gasteiger partial charge in [-0.15, -0.1) is 0 Å². The molecule has 3 N–H and O–H groups in total. The molecule has 0 aliphatic heterocycles. The number of aromatic nitrogens is 3. The molecule has 7 nitrogen and oxygen atoms in total. The summed E-state index contributed by atoms with van der Waals surface area (Å²) in [6.07, 6.45) is 3.17. The molecule has 1 aromatic carbocycles. The molecule has 0 saturated carbocycles. The van der Waals surface area contributed by atoms with Crippen molar-refractivity contribution in [1.29, 1.82) is 0 Å². The van der Waals surface area contributed by atoms with Crippen molar-refractivity contribution < 1.29 is 4.79 Å². The molecule has 1 unspecified atom stereocenters. The first-order valence-electron chi connectivity index (χ1n) is 9.04. The van der Waals surface area contributed by atoms with E-state index in [1.165, 1.54) is 6.33 Å². The first kappa shape index (κ1) is 19.3. The Balaban J connectivity index is 1.63. The zero-order valence-electron chi connectivity index (χ0n) is 16.1. The summed E-state index contributed by atoms with van der Waals surface area (Å²) in [5, 5.41) is 6.09. The highest BCUT2D eigenvalue weighted by molar-refractivity contribution is 5.94. The number of hydrogen-bond donors (Lipinski definition) is 3. The van der Waals surface area contributed by atoms with Crippen LogP contribution >= 0.6 is 0 Å². The number of H-pyrrole nitrogens is 1. The standard InChI is InChI=1S/C21H23N5O2/c1-13-10-14(2)25-21(28)18(13)11-23-20(27)17-6-4-16(5-7-17)15(3)26-19-8-9-22-12-24-19/h4-10,12,15H,11H2,1-3H3,(H,23,27)(H,25,28)(H,22,24,26). The first-order valence-corrected chi connectivity index (χ1v) is 9.04. The Bertz CT molecular complexity index is 1010. The lowest BCUT2D eigenvalue weighted by molar-refractivity contribution is 0.0950. The Morgan fingerprint density at radius 3 is 2.57 bits per heavy atom. The van der Waals surface area contributed by atoms with Crippen LogP contribution in [-0.4, -0.2) is 20.9 Å². The molecule has 3 aromatic rings. The molecule has 1 atom stereocenters. The molecule has 0 aliphatic rings. The summed E-state index contributed by atoms with van der Waals surface area (Å²) in [7, 11) is 0. The third-order valence-electron chi connectivity index (χ3n) is 4.54. The van der Waals surface area contributed by atoms with Gasteiger partial charge >= 0.3 is 0 Å². The van der Waals surface area contributed by atoms with Gasteiger partial charge in [0, 0.05) is 35.6 Å². The van der Waals surface area contributed by atoms with Crippen LogP contribution in [0.2, 0.25) is 0 Å². The molecule has 7 heteroatoms. The van der Waals surface area contributed by atoms with E-state index in [-0.39, 0.29) is 24.1 Å². The van der Waals surface area contributed by atoms with Crippen LogP contribution in [0.3, 0.4) is 0 Å². The van der Waals surface area contributed by atoms with Gasteiger partial charge in [0.1, 0.15) is 12.1 Å². The highest BCUT2D eigenvalue weighted by Gasteiger charge is 2.11. The number of aromatic amines is 1. The average molecular weight is 377 g/mol. The van der Waals surface area contributed by atoms with Gasteiger partial charge in [-0.1, -0.05) is 12.1 Å². The van der Waals surface area contributed by atoms with Gasteiger partial charge in [-0.2, -0.15) is 0 Å². The van der Waals surface area contributed by atoms with Gasteiger partial charge in [-0.3, -0.25) is 9.59 Å². The average Bonchev–Trinajstić information content (AvgIpc) is 2.68. The van der Waals surface area contributed by atoms with E-state index < -0.39 is 0 Å². The number of pyridine rings is 1. The summed E-state index contributed by atoms with van der Waals surface area (Å²) in [6.45, 7) is 5.90. The summed E-state index contributed by atoms with van der Waals surface area (Å²) in [5.41, 5.74) is 3.63. The molecule has 0 aliphatic carbocycles. The van der Waals surface area contributed by atoms with Gasteiger partial charge in [0.2, 0.25) is 0 Å². The molecule has 2 aromatic heterocycles. The van der Waals surface area contributed by atoms with Crippen molar-refractivity contribution in [2.75, 3.05) is 5.32 Å². The number of aryl methyl sites for hydroxylation is 2. The molecule has 144 valence electrons. The summed E-state index contributed by atoms with van der Waals surface area (Å²) in [5.74, 6) is 0.519. The lowest BCUT2D eigenvalue weighted by Crippen LogP contribution is -2.27. The number of amides is 1. The molecular formula is C21H23N5O2. The van der Waals surface area contributed by atoms with E-state index in [0.29, 0.717) is 11.1 Å². The number of rotatable bonds is 6. The minimum atomic E-state index is -0.220.